The summed E-state index contributed by atoms with van der Waals surface area (Å²) in [7, 11) is 0. The van der Waals surface area contributed by atoms with E-state index in [1.807, 2.05) is 46.8 Å². The highest BCUT2D eigenvalue weighted by molar-refractivity contribution is 6.36. The van der Waals surface area contributed by atoms with E-state index in [1.54, 1.807) is 0 Å². The molecule has 1 heterocycles. The molecule has 0 fully saturated rings. The molecule has 28 heavy (non-hydrogen) atoms. The second kappa shape index (κ2) is 12.1. The van der Waals surface area contributed by atoms with Gasteiger partial charge in [0.1, 0.15) is 0 Å². The Morgan fingerprint density at radius 3 is 2.43 bits per heavy atom. The van der Waals surface area contributed by atoms with Gasteiger partial charge in [-0.25, -0.2) is 0 Å². The van der Waals surface area contributed by atoms with Crippen LogP contribution in [-0.4, -0.2) is 19.3 Å². The second-order valence-corrected chi connectivity index (χ2v) is 6.32. The van der Waals surface area contributed by atoms with Crippen LogP contribution in [-0.2, 0) is 0 Å². The van der Waals surface area contributed by atoms with Crippen molar-refractivity contribution in [3.63, 3.8) is 0 Å². The van der Waals surface area contributed by atoms with Crippen LogP contribution in [0, 0.1) is 12.3 Å². The summed E-state index contributed by atoms with van der Waals surface area (Å²) in [6, 6.07) is 12.3. The zero-order valence-corrected chi connectivity index (χ0v) is 18.5. The molecule has 0 unspecified atom stereocenters. The summed E-state index contributed by atoms with van der Waals surface area (Å²) < 4.78 is 0. The van der Waals surface area contributed by atoms with Crippen LogP contribution in [0.1, 0.15) is 41.0 Å². The average molecular weight is 395 g/mol. The van der Waals surface area contributed by atoms with Crippen molar-refractivity contribution < 1.29 is 0 Å². The number of hydrogen-bond acceptors (Lipinski definition) is 2. The van der Waals surface area contributed by atoms with Crippen LogP contribution in [0.3, 0.4) is 0 Å². The number of nitrogens with zero attached hydrogens (tertiary/aromatic N) is 2. The number of hydrogen-bond donors (Lipinski definition) is 0. The predicted octanol–water partition coefficient (Wildman–Crippen LogP) is 7.29. The number of rotatable bonds is 3. The maximum absolute atomic E-state index is 6.47. The first-order valence-electron chi connectivity index (χ1n) is 9.90. The summed E-state index contributed by atoms with van der Waals surface area (Å²) in [5.74, 6) is 2.47. The number of terminal acetylenes is 1. The molecule has 1 aliphatic heterocycles. The molecule has 0 radical (unpaired) electrons. The quantitative estimate of drug-likeness (QED) is 0.394. The van der Waals surface area contributed by atoms with Crippen LogP contribution in [0.2, 0.25) is 5.02 Å². The molecule has 3 rings (SSSR count). The van der Waals surface area contributed by atoms with E-state index in [0.29, 0.717) is 6.54 Å². The van der Waals surface area contributed by atoms with Gasteiger partial charge in [0, 0.05) is 17.6 Å². The Kier molecular flexibility index (Phi) is 10.1. The monoisotopic (exact) mass is 394 g/mol. The smallest absolute Gasteiger partial charge is 0.0768 e. The summed E-state index contributed by atoms with van der Waals surface area (Å²) in [6.45, 7) is 15.7. The van der Waals surface area contributed by atoms with Gasteiger partial charge in [0.15, 0.2) is 0 Å². The molecule has 0 N–H and O–H groups in total. The summed E-state index contributed by atoms with van der Waals surface area (Å²) in [5, 5.41) is 3.00. The highest BCUT2D eigenvalue weighted by Crippen LogP contribution is 2.35. The van der Waals surface area contributed by atoms with Gasteiger partial charge in [-0.1, -0.05) is 81.6 Å². The van der Waals surface area contributed by atoms with Crippen LogP contribution in [0.15, 0.2) is 64.8 Å². The molecule has 0 aliphatic carbocycles. The Morgan fingerprint density at radius 1 is 1.18 bits per heavy atom. The lowest BCUT2D eigenvalue weighted by Crippen LogP contribution is -2.31. The van der Waals surface area contributed by atoms with Crippen molar-refractivity contribution in [2.75, 3.05) is 18.0 Å². The van der Waals surface area contributed by atoms with E-state index >= 15 is 0 Å². The Bertz CT molecular complexity index is 895. The molecule has 3 heteroatoms. The molecule has 148 valence electrons. The van der Waals surface area contributed by atoms with Gasteiger partial charge in [-0.3, -0.25) is 4.99 Å². The van der Waals surface area contributed by atoms with Crippen LogP contribution in [0.5, 0.6) is 0 Å². The first kappa shape index (κ1) is 23.5. The Labute approximate surface area is 175 Å². The number of halogens is 1. The number of aliphatic imine (C=N–C) groups is 1. The van der Waals surface area contributed by atoms with Gasteiger partial charge in [-0.2, -0.15) is 0 Å². The third-order valence-corrected chi connectivity index (χ3v) is 4.62. The van der Waals surface area contributed by atoms with Crippen molar-refractivity contribution in [2.24, 2.45) is 4.99 Å². The third-order valence-electron chi connectivity index (χ3n) is 4.30. The average Bonchev–Trinajstić information content (AvgIpc) is 2.74. The SMILES string of the molecule is C#CC=NC1=C(C(=C)C)CCN(c2cccc3cccc(Cl)c23)C1.CC.CC. The van der Waals surface area contributed by atoms with E-state index in [1.165, 1.54) is 11.8 Å². The van der Waals surface area contributed by atoms with Crippen molar-refractivity contribution in [3.05, 3.63) is 64.8 Å². The van der Waals surface area contributed by atoms with E-state index in [4.69, 9.17) is 18.0 Å². The molecule has 0 saturated carbocycles. The van der Waals surface area contributed by atoms with Crippen LogP contribution >= 0.6 is 11.6 Å². The molecular formula is C25H31ClN2. The van der Waals surface area contributed by atoms with Crippen LogP contribution < -0.4 is 4.90 Å². The summed E-state index contributed by atoms with van der Waals surface area (Å²) >= 11 is 6.47. The fraction of sp³-hybridized carbons (Fsp3) is 0.320. The fourth-order valence-electron chi connectivity index (χ4n) is 3.19. The molecule has 2 aromatic rings. The van der Waals surface area contributed by atoms with Gasteiger partial charge in [-0.05, 0) is 36.4 Å². The van der Waals surface area contributed by atoms with Crippen molar-refractivity contribution >= 4 is 34.3 Å². The van der Waals surface area contributed by atoms with Crippen LogP contribution in [0.4, 0.5) is 5.69 Å². The molecule has 0 amide bonds. The largest absolute Gasteiger partial charge is 0.365 e. The van der Waals surface area contributed by atoms with Gasteiger partial charge < -0.3 is 4.90 Å². The number of benzene rings is 2. The van der Waals surface area contributed by atoms with E-state index < -0.39 is 0 Å². The summed E-state index contributed by atoms with van der Waals surface area (Å²) in [6.07, 6.45) is 7.74. The molecule has 1 aliphatic rings. The fourth-order valence-corrected chi connectivity index (χ4v) is 3.46. The van der Waals surface area contributed by atoms with Gasteiger partial charge in [0.25, 0.3) is 0 Å². The lowest BCUT2D eigenvalue weighted by molar-refractivity contribution is 0.759. The minimum atomic E-state index is 0.699. The van der Waals surface area contributed by atoms with E-state index in [0.717, 1.165) is 45.7 Å². The van der Waals surface area contributed by atoms with Gasteiger partial charge in [0.2, 0.25) is 0 Å². The molecular weight excluding hydrogens is 364 g/mol. The zero-order chi connectivity index (χ0) is 21.1. The topological polar surface area (TPSA) is 15.6 Å². The van der Waals surface area contributed by atoms with Crippen molar-refractivity contribution in [1.29, 1.82) is 0 Å². The van der Waals surface area contributed by atoms with Crippen molar-refractivity contribution in [3.8, 4) is 12.3 Å². The van der Waals surface area contributed by atoms with Gasteiger partial charge >= 0.3 is 0 Å². The summed E-state index contributed by atoms with van der Waals surface area (Å²) in [4.78, 5) is 6.77. The normalized spacial score (nSPS) is 13.4. The minimum absolute atomic E-state index is 0.699. The molecule has 0 bridgehead atoms. The molecule has 0 atom stereocenters. The standard InChI is InChI=1S/C21H19ClN2.2C2H6/c1-4-12-23-19-14-24(13-11-17(19)15(2)3)20-10-6-8-16-7-5-9-18(22)21(16)20;2*1-2/h1,5-10,12H,2,11,13-14H2,3H3;2*1-2H3. The highest BCUT2D eigenvalue weighted by atomic mass is 35.5. The Hall–Kier alpha value is -2.50. The number of anilines is 1. The minimum Gasteiger partial charge on any atom is -0.365 e. The lowest BCUT2D eigenvalue weighted by Gasteiger charge is -2.32. The zero-order valence-electron chi connectivity index (χ0n) is 17.7. The third kappa shape index (κ3) is 5.50. The highest BCUT2D eigenvalue weighted by Gasteiger charge is 2.21. The molecule has 2 nitrogen and oxygen atoms in total. The number of allylic oxidation sites excluding steroid dienone is 1. The second-order valence-electron chi connectivity index (χ2n) is 5.92. The van der Waals surface area contributed by atoms with Crippen LogP contribution in [0.25, 0.3) is 10.8 Å². The Balaban J connectivity index is 0.000000921. The molecule has 0 saturated heterocycles. The van der Waals surface area contributed by atoms with Crippen molar-refractivity contribution in [1.82, 2.24) is 0 Å². The summed E-state index contributed by atoms with van der Waals surface area (Å²) in [5.41, 5.74) is 4.36. The van der Waals surface area contributed by atoms with E-state index in [2.05, 4.69) is 46.7 Å². The first-order chi connectivity index (χ1) is 13.6. The maximum Gasteiger partial charge on any atom is 0.0768 e. The van der Waals surface area contributed by atoms with E-state index in [-0.39, 0.29) is 0 Å². The lowest BCUT2D eigenvalue weighted by atomic mass is 9.98. The number of fused-ring (bicyclic) bond motifs is 1. The molecule has 0 aromatic heterocycles. The van der Waals surface area contributed by atoms with Gasteiger partial charge in [-0.15, -0.1) is 6.42 Å². The van der Waals surface area contributed by atoms with Gasteiger partial charge in [0.05, 0.1) is 23.5 Å². The first-order valence-corrected chi connectivity index (χ1v) is 10.3. The van der Waals surface area contributed by atoms with E-state index in [9.17, 15) is 0 Å². The Morgan fingerprint density at radius 2 is 1.82 bits per heavy atom. The molecule has 2 aromatic carbocycles. The predicted molar refractivity (Wildman–Crippen MR) is 128 cm³/mol. The molecule has 0 spiro atoms. The maximum atomic E-state index is 6.47. The van der Waals surface area contributed by atoms with Crippen molar-refractivity contribution in [2.45, 2.75) is 41.0 Å².